The van der Waals surface area contributed by atoms with Crippen molar-refractivity contribution in [2.24, 2.45) is 23.2 Å². The third kappa shape index (κ3) is 2.27. The minimum atomic E-state index is -0.267. The molecule has 1 heterocycles. The van der Waals surface area contributed by atoms with E-state index in [9.17, 15) is 9.59 Å². The highest BCUT2D eigenvalue weighted by atomic mass is 16.6. The van der Waals surface area contributed by atoms with E-state index in [0.29, 0.717) is 30.6 Å². The summed E-state index contributed by atoms with van der Waals surface area (Å²) in [5.41, 5.74) is 7.10. The normalized spacial score (nSPS) is 42.9. The Balaban J connectivity index is 1.63. The van der Waals surface area contributed by atoms with Gasteiger partial charge >= 0.3 is 5.97 Å². The molecule has 0 aromatic rings. The zero-order valence-corrected chi connectivity index (χ0v) is 16.2. The van der Waals surface area contributed by atoms with Crippen LogP contribution in [0.1, 0.15) is 64.7 Å². The first kappa shape index (κ1) is 17.3. The number of carbonyl (C=O) groups excluding carboxylic acids is 2. The first-order valence-corrected chi connectivity index (χ1v) is 10.5. The van der Waals surface area contributed by atoms with E-state index in [4.69, 9.17) is 4.74 Å². The number of hydrogen-bond donors (Lipinski definition) is 0. The number of ether oxygens (including phenoxy) is 1. The van der Waals surface area contributed by atoms with Crippen molar-refractivity contribution < 1.29 is 14.3 Å². The predicted molar refractivity (Wildman–Crippen MR) is 103 cm³/mol. The van der Waals surface area contributed by atoms with E-state index in [1.807, 2.05) is 6.08 Å². The Labute approximate surface area is 161 Å². The standard InChI is InChI=1S/C24H28O3/c1-3-4-16-14-23(2)20(9-11-24(23)12-10-21(26)27-24)19-7-5-15-13-17(25)6-8-18(15)22(16)19/h4,13,16,19-20H,1,5-12,14H2,2H3/t16-,19?,20?,23-,24+/m0/s1. The number of allylic oxidation sites excluding steroid dienone is 5. The molecule has 3 fully saturated rings. The maximum Gasteiger partial charge on any atom is 0.306 e. The molecule has 3 heteroatoms. The van der Waals surface area contributed by atoms with Gasteiger partial charge in [-0.2, -0.15) is 0 Å². The number of ketones is 1. The van der Waals surface area contributed by atoms with Crippen LogP contribution < -0.4 is 0 Å². The molecule has 5 atom stereocenters. The summed E-state index contributed by atoms with van der Waals surface area (Å²) >= 11 is 0. The topological polar surface area (TPSA) is 43.4 Å². The summed E-state index contributed by atoms with van der Waals surface area (Å²) in [5.74, 6) is 1.67. The molecule has 3 nitrogen and oxygen atoms in total. The number of rotatable bonds is 1. The van der Waals surface area contributed by atoms with Gasteiger partial charge in [-0.1, -0.05) is 19.1 Å². The van der Waals surface area contributed by atoms with Gasteiger partial charge in [0.05, 0.1) is 0 Å². The Hall–Kier alpha value is -1.86. The molecule has 1 spiro atoms. The molecule has 142 valence electrons. The summed E-state index contributed by atoms with van der Waals surface area (Å²) in [6.07, 6.45) is 12.3. The second-order valence-electron chi connectivity index (χ2n) is 9.43. The van der Waals surface area contributed by atoms with Crippen molar-refractivity contribution in [2.75, 3.05) is 0 Å². The van der Waals surface area contributed by atoms with Gasteiger partial charge in [-0.15, -0.1) is 5.73 Å². The second-order valence-corrected chi connectivity index (χ2v) is 9.43. The van der Waals surface area contributed by atoms with Gasteiger partial charge in [-0.05, 0) is 80.1 Å². The molecular formula is C24H28O3. The van der Waals surface area contributed by atoms with Crippen molar-refractivity contribution in [3.63, 3.8) is 0 Å². The average Bonchev–Trinajstić information content (AvgIpc) is 3.15. The molecule has 0 radical (unpaired) electrons. The highest BCUT2D eigenvalue weighted by Gasteiger charge is 2.66. The Morgan fingerprint density at radius 1 is 1.19 bits per heavy atom. The van der Waals surface area contributed by atoms with Gasteiger partial charge < -0.3 is 4.74 Å². The summed E-state index contributed by atoms with van der Waals surface area (Å²) in [7, 11) is 0. The summed E-state index contributed by atoms with van der Waals surface area (Å²) < 4.78 is 6.05. The molecule has 27 heavy (non-hydrogen) atoms. The lowest BCUT2D eigenvalue weighted by Gasteiger charge is -2.54. The van der Waals surface area contributed by atoms with E-state index in [0.717, 1.165) is 44.9 Å². The molecular weight excluding hydrogens is 336 g/mol. The van der Waals surface area contributed by atoms with Gasteiger partial charge in [-0.25, -0.2) is 0 Å². The zero-order valence-electron chi connectivity index (χ0n) is 16.2. The molecule has 0 aromatic carbocycles. The fourth-order valence-electron chi connectivity index (χ4n) is 7.30. The van der Waals surface area contributed by atoms with Gasteiger partial charge in [-0.3, -0.25) is 9.59 Å². The van der Waals surface area contributed by atoms with Crippen LogP contribution in [0.4, 0.5) is 0 Å². The molecule has 2 saturated carbocycles. The quantitative estimate of drug-likeness (QED) is 0.494. The van der Waals surface area contributed by atoms with Crippen LogP contribution in [0.15, 0.2) is 41.2 Å². The van der Waals surface area contributed by atoms with Crippen molar-refractivity contribution in [2.45, 2.75) is 70.3 Å². The van der Waals surface area contributed by atoms with Gasteiger partial charge in [0.1, 0.15) is 5.60 Å². The molecule has 2 unspecified atom stereocenters. The minimum absolute atomic E-state index is 0.0171. The van der Waals surface area contributed by atoms with Gasteiger partial charge in [0.2, 0.25) is 0 Å². The van der Waals surface area contributed by atoms with Crippen molar-refractivity contribution in [3.8, 4) is 0 Å². The molecule has 1 aliphatic heterocycles. The molecule has 0 aromatic heterocycles. The van der Waals surface area contributed by atoms with E-state index in [1.165, 1.54) is 11.1 Å². The summed E-state index contributed by atoms with van der Waals surface area (Å²) in [5, 5.41) is 0. The van der Waals surface area contributed by atoms with Crippen LogP contribution in [-0.2, 0) is 14.3 Å². The van der Waals surface area contributed by atoms with Gasteiger partial charge in [0.15, 0.2) is 5.78 Å². The number of fused-ring (bicyclic) bond motifs is 5. The monoisotopic (exact) mass is 364 g/mol. The highest BCUT2D eigenvalue weighted by Crippen LogP contribution is 2.68. The van der Waals surface area contributed by atoms with Crippen LogP contribution in [0.5, 0.6) is 0 Å². The van der Waals surface area contributed by atoms with E-state index >= 15 is 0 Å². The third-order valence-corrected chi connectivity index (χ3v) is 8.43. The van der Waals surface area contributed by atoms with Crippen LogP contribution in [0.2, 0.25) is 0 Å². The highest BCUT2D eigenvalue weighted by molar-refractivity contribution is 5.93. The Bertz CT molecular complexity index is 840. The van der Waals surface area contributed by atoms with Gasteiger partial charge in [0.25, 0.3) is 0 Å². The molecule has 0 N–H and O–H groups in total. The number of carbonyl (C=O) groups is 2. The lowest BCUT2D eigenvalue weighted by atomic mass is 9.51. The van der Waals surface area contributed by atoms with E-state index in [2.05, 4.69) is 25.3 Å². The Morgan fingerprint density at radius 2 is 2.04 bits per heavy atom. The smallest absolute Gasteiger partial charge is 0.306 e. The van der Waals surface area contributed by atoms with E-state index in [1.54, 1.807) is 5.57 Å². The largest absolute Gasteiger partial charge is 0.458 e. The van der Waals surface area contributed by atoms with Crippen LogP contribution in [0.3, 0.4) is 0 Å². The zero-order chi connectivity index (χ0) is 18.8. The number of esters is 1. The van der Waals surface area contributed by atoms with Crippen LogP contribution in [0.25, 0.3) is 0 Å². The molecule has 5 rings (SSSR count). The van der Waals surface area contributed by atoms with Crippen LogP contribution >= 0.6 is 0 Å². The van der Waals surface area contributed by atoms with Crippen molar-refractivity contribution >= 4 is 11.8 Å². The Morgan fingerprint density at radius 3 is 2.78 bits per heavy atom. The summed E-state index contributed by atoms with van der Waals surface area (Å²) in [6.45, 7) is 6.24. The Kier molecular flexibility index (Phi) is 3.72. The SMILES string of the molecule is C=C=C[C@H]1C[C@@]2(C)C(CC[C@@]23CCC(=O)O3)C2CCC3=CC(=O)CCC3=C21. The van der Waals surface area contributed by atoms with Crippen LogP contribution in [0, 0.1) is 23.2 Å². The molecule has 1 saturated heterocycles. The maximum absolute atomic E-state index is 12.0. The van der Waals surface area contributed by atoms with E-state index < -0.39 is 0 Å². The van der Waals surface area contributed by atoms with Gasteiger partial charge in [0, 0.05) is 24.2 Å². The number of hydrogen-bond acceptors (Lipinski definition) is 3. The molecule has 4 aliphatic carbocycles. The lowest BCUT2D eigenvalue weighted by Crippen LogP contribution is -2.51. The van der Waals surface area contributed by atoms with Crippen LogP contribution in [-0.4, -0.2) is 17.4 Å². The fourth-order valence-corrected chi connectivity index (χ4v) is 7.30. The van der Waals surface area contributed by atoms with Crippen molar-refractivity contribution in [1.29, 1.82) is 0 Å². The molecule has 0 amide bonds. The third-order valence-electron chi connectivity index (χ3n) is 8.43. The lowest BCUT2D eigenvalue weighted by molar-refractivity contribution is -0.162. The summed E-state index contributed by atoms with van der Waals surface area (Å²) in [4.78, 5) is 24.0. The summed E-state index contributed by atoms with van der Waals surface area (Å²) in [6, 6.07) is 0. The van der Waals surface area contributed by atoms with E-state index in [-0.39, 0.29) is 22.8 Å². The molecule has 5 aliphatic rings. The first-order valence-electron chi connectivity index (χ1n) is 10.5. The first-order chi connectivity index (χ1) is 13.0. The molecule has 0 bridgehead atoms. The minimum Gasteiger partial charge on any atom is -0.458 e. The fraction of sp³-hybridized carbons (Fsp3) is 0.625. The predicted octanol–water partition coefficient (Wildman–Crippen LogP) is 4.84. The maximum atomic E-state index is 12.0. The van der Waals surface area contributed by atoms with Crippen molar-refractivity contribution in [3.05, 3.63) is 41.2 Å². The average molecular weight is 364 g/mol. The second kappa shape index (κ2) is 5.82. The van der Waals surface area contributed by atoms with Crippen molar-refractivity contribution in [1.82, 2.24) is 0 Å².